The molecule has 23 heavy (non-hydrogen) atoms. The molecule has 0 saturated carbocycles. The van der Waals surface area contributed by atoms with E-state index in [9.17, 15) is 17.6 Å². The van der Waals surface area contributed by atoms with Gasteiger partial charge >= 0.3 is 5.97 Å². The minimum absolute atomic E-state index is 0.0468. The third kappa shape index (κ3) is 4.32. The van der Waals surface area contributed by atoms with Crippen LogP contribution in [0.4, 0.5) is 4.39 Å². The zero-order valence-electron chi connectivity index (χ0n) is 13.5. The summed E-state index contributed by atoms with van der Waals surface area (Å²) in [5.74, 6) is -1.59. The third-order valence-corrected chi connectivity index (χ3v) is 4.92. The van der Waals surface area contributed by atoms with Gasteiger partial charge in [-0.25, -0.2) is 12.8 Å². The Morgan fingerprint density at radius 2 is 1.74 bits per heavy atom. The molecule has 0 spiro atoms. The van der Waals surface area contributed by atoms with Gasteiger partial charge in [-0.2, -0.15) is 4.31 Å². The molecule has 9 heteroatoms. The number of esters is 1. The number of ether oxygens (including phenoxy) is 3. The normalized spacial score (nSPS) is 11.4. The van der Waals surface area contributed by atoms with Gasteiger partial charge in [0.05, 0.1) is 21.3 Å². The summed E-state index contributed by atoms with van der Waals surface area (Å²) in [5.41, 5.74) is 0. The third-order valence-electron chi connectivity index (χ3n) is 3.06. The minimum atomic E-state index is -4.23. The van der Waals surface area contributed by atoms with E-state index in [1.54, 1.807) is 6.92 Å². The van der Waals surface area contributed by atoms with Crippen LogP contribution in [-0.2, 0) is 19.6 Å². The number of benzene rings is 1. The Hall–Kier alpha value is -1.87. The average Bonchev–Trinajstić information content (AvgIpc) is 2.53. The number of hydrogen-bond acceptors (Lipinski definition) is 6. The monoisotopic (exact) mass is 349 g/mol. The van der Waals surface area contributed by atoms with Gasteiger partial charge in [-0.15, -0.1) is 0 Å². The van der Waals surface area contributed by atoms with Crippen molar-refractivity contribution in [2.75, 3.05) is 34.4 Å². The Morgan fingerprint density at radius 1 is 1.17 bits per heavy atom. The summed E-state index contributed by atoms with van der Waals surface area (Å²) in [4.78, 5) is 10.8. The molecule has 130 valence electrons. The SMILES string of the molecule is CCCN(CC(=O)OC)S(=O)(=O)c1cc(OC)c(OC)cc1F. The van der Waals surface area contributed by atoms with Crippen molar-refractivity contribution in [1.29, 1.82) is 0 Å². The van der Waals surface area contributed by atoms with Crippen molar-refractivity contribution in [3.05, 3.63) is 17.9 Å². The number of nitrogens with zero attached hydrogens (tertiary/aromatic N) is 1. The quantitative estimate of drug-likeness (QED) is 0.660. The maximum atomic E-state index is 14.2. The van der Waals surface area contributed by atoms with Crippen LogP contribution < -0.4 is 9.47 Å². The van der Waals surface area contributed by atoms with Crippen LogP contribution in [0.1, 0.15) is 13.3 Å². The second-order valence-electron chi connectivity index (χ2n) is 4.55. The van der Waals surface area contributed by atoms with Gasteiger partial charge in [0, 0.05) is 18.7 Å². The lowest BCUT2D eigenvalue weighted by atomic mass is 10.3. The summed E-state index contributed by atoms with van der Waals surface area (Å²) in [7, 11) is -0.464. The predicted octanol–water partition coefficient (Wildman–Crippen LogP) is 1.42. The number of hydrogen-bond donors (Lipinski definition) is 0. The lowest BCUT2D eigenvalue weighted by Gasteiger charge is -2.21. The van der Waals surface area contributed by atoms with Crippen molar-refractivity contribution in [2.45, 2.75) is 18.2 Å². The Bertz CT molecular complexity index is 661. The van der Waals surface area contributed by atoms with Gasteiger partial charge in [-0.3, -0.25) is 4.79 Å². The molecule has 0 heterocycles. The van der Waals surface area contributed by atoms with Crippen LogP contribution in [-0.4, -0.2) is 53.1 Å². The molecule has 0 aliphatic heterocycles. The van der Waals surface area contributed by atoms with Crippen LogP contribution in [0.5, 0.6) is 11.5 Å². The zero-order valence-corrected chi connectivity index (χ0v) is 14.3. The van der Waals surface area contributed by atoms with Crippen molar-refractivity contribution in [2.24, 2.45) is 0 Å². The highest BCUT2D eigenvalue weighted by Gasteiger charge is 2.30. The van der Waals surface area contributed by atoms with E-state index in [0.717, 1.165) is 23.5 Å². The molecule has 0 saturated heterocycles. The van der Waals surface area contributed by atoms with Crippen LogP contribution in [0.15, 0.2) is 17.0 Å². The van der Waals surface area contributed by atoms with E-state index in [1.165, 1.54) is 14.2 Å². The first-order valence-electron chi connectivity index (χ1n) is 6.80. The molecule has 0 aliphatic rings. The summed E-state index contributed by atoms with van der Waals surface area (Å²) < 4.78 is 54.8. The molecule has 0 aromatic heterocycles. The Kier molecular flexibility index (Phi) is 6.77. The summed E-state index contributed by atoms with van der Waals surface area (Å²) in [6.07, 6.45) is 0.450. The highest BCUT2D eigenvalue weighted by Crippen LogP contribution is 2.33. The molecule has 0 fully saturated rings. The predicted molar refractivity (Wildman–Crippen MR) is 80.6 cm³/mol. The van der Waals surface area contributed by atoms with Crippen LogP contribution in [0, 0.1) is 5.82 Å². The summed E-state index contributed by atoms with van der Waals surface area (Å²) in [6, 6.07) is 1.96. The Labute approximate surface area is 135 Å². The number of carbonyl (C=O) groups is 1. The summed E-state index contributed by atoms with van der Waals surface area (Å²) in [6.45, 7) is 1.29. The van der Waals surface area contributed by atoms with E-state index in [2.05, 4.69) is 4.74 Å². The van der Waals surface area contributed by atoms with Crippen molar-refractivity contribution in [3.63, 3.8) is 0 Å². The lowest BCUT2D eigenvalue weighted by molar-refractivity contribution is -0.140. The van der Waals surface area contributed by atoms with E-state index in [0.29, 0.717) is 6.42 Å². The second kappa shape index (κ2) is 8.11. The van der Waals surface area contributed by atoms with Gasteiger partial charge in [-0.1, -0.05) is 6.92 Å². The summed E-state index contributed by atoms with van der Waals surface area (Å²) in [5, 5.41) is 0. The van der Waals surface area contributed by atoms with Crippen molar-refractivity contribution >= 4 is 16.0 Å². The van der Waals surface area contributed by atoms with Gasteiger partial charge in [0.15, 0.2) is 11.5 Å². The number of sulfonamides is 1. The fourth-order valence-corrected chi connectivity index (χ4v) is 3.45. The van der Waals surface area contributed by atoms with E-state index in [4.69, 9.17) is 9.47 Å². The van der Waals surface area contributed by atoms with Gasteiger partial charge < -0.3 is 14.2 Å². The van der Waals surface area contributed by atoms with Gasteiger partial charge in [0.1, 0.15) is 17.3 Å². The van der Waals surface area contributed by atoms with Crippen molar-refractivity contribution in [1.82, 2.24) is 4.31 Å². The molecule has 0 N–H and O–H groups in total. The highest BCUT2D eigenvalue weighted by atomic mass is 32.2. The number of halogens is 1. The van der Waals surface area contributed by atoms with Gasteiger partial charge in [0.2, 0.25) is 10.0 Å². The Morgan fingerprint density at radius 3 is 2.22 bits per heavy atom. The van der Waals surface area contributed by atoms with Crippen LogP contribution in [0.2, 0.25) is 0 Å². The fourth-order valence-electron chi connectivity index (χ4n) is 1.91. The number of carbonyl (C=O) groups excluding carboxylic acids is 1. The average molecular weight is 349 g/mol. The van der Waals surface area contributed by atoms with E-state index in [-0.39, 0.29) is 18.0 Å². The van der Waals surface area contributed by atoms with Crippen molar-refractivity contribution < 1.29 is 31.8 Å². The first-order valence-corrected chi connectivity index (χ1v) is 8.24. The van der Waals surface area contributed by atoms with E-state index >= 15 is 0 Å². The van der Waals surface area contributed by atoms with Crippen molar-refractivity contribution in [3.8, 4) is 11.5 Å². The van der Waals surface area contributed by atoms with Gasteiger partial charge in [0.25, 0.3) is 0 Å². The molecular formula is C14H20FNO6S. The molecular weight excluding hydrogens is 329 g/mol. The standard InChI is InChI=1S/C14H20FNO6S/c1-5-6-16(9-14(17)22-4)23(18,19)13-8-12(21-3)11(20-2)7-10(13)15/h7-8H,5-6,9H2,1-4H3. The highest BCUT2D eigenvalue weighted by molar-refractivity contribution is 7.89. The maximum absolute atomic E-state index is 14.2. The second-order valence-corrected chi connectivity index (χ2v) is 6.46. The lowest BCUT2D eigenvalue weighted by Crippen LogP contribution is -2.37. The molecule has 0 aliphatic carbocycles. The smallest absolute Gasteiger partial charge is 0.321 e. The Balaban J connectivity index is 3.36. The molecule has 0 bridgehead atoms. The molecule has 0 amide bonds. The van der Waals surface area contributed by atoms with E-state index < -0.39 is 33.3 Å². The van der Waals surface area contributed by atoms with Gasteiger partial charge in [-0.05, 0) is 6.42 Å². The van der Waals surface area contributed by atoms with Crippen LogP contribution >= 0.6 is 0 Å². The first-order chi connectivity index (χ1) is 10.8. The first kappa shape index (κ1) is 19.2. The molecule has 1 aromatic carbocycles. The van der Waals surface area contributed by atoms with Crippen LogP contribution in [0.3, 0.4) is 0 Å². The largest absolute Gasteiger partial charge is 0.493 e. The molecule has 1 rings (SSSR count). The minimum Gasteiger partial charge on any atom is -0.493 e. The molecule has 0 unspecified atom stereocenters. The molecule has 0 radical (unpaired) electrons. The molecule has 7 nitrogen and oxygen atoms in total. The molecule has 0 atom stereocenters. The maximum Gasteiger partial charge on any atom is 0.321 e. The summed E-state index contributed by atoms with van der Waals surface area (Å²) >= 11 is 0. The van der Waals surface area contributed by atoms with Crippen LogP contribution in [0.25, 0.3) is 0 Å². The number of methoxy groups -OCH3 is 3. The number of rotatable bonds is 8. The van der Waals surface area contributed by atoms with E-state index in [1.807, 2.05) is 0 Å². The molecule has 1 aromatic rings. The fraction of sp³-hybridized carbons (Fsp3) is 0.500. The topological polar surface area (TPSA) is 82.1 Å². The zero-order chi connectivity index (χ0) is 17.6.